The lowest BCUT2D eigenvalue weighted by atomic mass is 10.1. The zero-order chi connectivity index (χ0) is 18.5. The van der Waals surface area contributed by atoms with Crippen LogP contribution in [0, 0.1) is 5.82 Å². The van der Waals surface area contributed by atoms with Gasteiger partial charge in [-0.2, -0.15) is 4.80 Å². The van der Waals surface area contributed by atoms with Crippen LogP contribution in [0.2, 0.25) is 0 Å². The van der Waals surface area contributed by atoms with Gasteiger partial charge in [-0.15, -0.1) is 10.2 Å². The fraction of sp³-hybridized carbons (Fsp3) is 0.222. The summed E-state index contributed by atoms with van der Waals surface area (Å²) < 4.78 is 18.7. The Morgan fingerprint density at radius 2 is 2.04 bits per heavy atom. The Labute approximate surface area is 149 Å². The summed E-state index contributed by atoms with van der Waals surface area (Å²) in [7, 11) is 0. The zero-order valence-corrected chi connectivity index (χ0v) is 14.0. The van der Waals surface area contributed by atoms with Crippen molar-refractivity contribution in [1.29, 1.82) is 0 Å². The third-order valence-electron chi connectivity index (χ3n) is 3.61. The predicted molar refractivity (Wildman–Crippen MR) is 91.2 cm³/mol. The molecule has 0 fully saturated rings. The number of aliphatic hydroxyl groups is 1. The van der Waals surface area contributed by atoms with E-state index in [1.807, 2.05) is 0 Å². The summed E-state index contributed by atoms with van der Waals surface area (Å²) in [4.78, 5) is 12.5. The number of aromatic nitrogens is 4. The lowest BCUT2D eigenvalue weighted by Crippen LogP contribution is -2.25. The van der Waals surface area contributed by atoms with Crippen LogP contribution in [0.15, 0.2) is 48.5 Å². The van der Waals surface area contributed by atoms with Crippen LogP contribution < -0.4 is 4.74 Å². The van der Waals surface area contributed by atoms with Crippen molar-refractivity contribution in [2.75, 3.05) is 6.61 Å². The van der Waals surface area contributed by atoms with E-state index in [-0.39, 0.29) is 30.6 Å². The molecule has 8 heteroatoms. The Morgan fingerprint density at radius 1 is 1.27 bits per heavy atom. The highest BCUT2D eigenvalue weighted by Crippen LogP contribution is 2.15. The van der Waals surface area contributed by atoms with E-state index in [1.165, 1.54) is 23.9 Å². The second-order valence-electron chi connectivity index (χ2n) is 5.72. The van der Waals surface area contributed by atoms with Gasteiger partial charge in [-0.3, -0.25) is 4.79 Å². The van der Waals surface area contributed by atoms with Crippen molar-refractivity contribution >= 4 is 5.78 Å². The molecular weight excluding hydrogens is 339 g/mol. The smallest absolute Gasteiger partial charge is 0.205 e. The summed E-state index contributed by atoms with van der Waals surface area (Å²) in [6.07, 6.45) is -0.864. The van der Waals surface area contributed by atoms with E-state index in [0.717, 1.165) is 0 Å². The molecule has 0 bridgehead atoms. The van der Waals surface area contributed by atoms with Crippen molar-refractivity contribution in [2.24, 2.45) is 0 Å². The van der Waals surface area contributed by atoms with Crippen molar-refractivity contribution in [1.82, 2.24) is 20.2 Å². The number of carbonyl (C=O) groups excluding carboxylic acids is 1. The van der Waals surface area contributed by atoms with Crippen LogP contribution in [0.4, 0.5) is 4.39 Å². The lowest BCUT2D eigenvalue weighted by molar-refractivity contribution is 0.0849. The van der Waals surface area contributed by atoms with Crippen molar-refractivity contribution in [3.05, 3.63) is 59.9 Å². The number of carbonyl (C=O) groups is 1. The van der Waals surface area contributed by atoms with Crippen LogP contribution >= 0.6 is 0 Å². The second kappa shape index (κ2) is 7.83. The highest BCUT2D eigenvalue weighted by atomic mass is 19.1. The van der Waals surface area contributed by atoms with Gasteiger partial charge in [0.05, 0.1) is 6.54 Å². The number of nitrogens with zero attached hydrogens (tertiary/aromatic N) is 4. The summed E-state index contributed by atoms with van der Waals surface area (Å²) >= 11 is 0. The molecule has 0 aliphatic carbocycles. The summed E-state index contributed by atoms with van der Waals surface area (Å²) in [6.45, 7) is 1.59. The first-order valence-corrected chi connectivity index (χ1v) is 7.97. The van der Waals surface area contributed by atoms with Crippen molar-refractivity contribution in [2.45, 2.75) is 19.6 Å². The first kappa shape index (κ1) is 17.7. The minimum Gasteiger partial charge on any atom is -0.491 e. The second-order valence-corrected chi connectivity index (χ2v) is 5.72. The van der Waals surface area contributed by atoms with Crippen molar-refractivity contribution < 1.29 is 19.0 Å². The van der Waals surface area contributed by atoms with Gasteiger partial charge in [0.25, 0.3) is 0 Å². The number of Topliss-reactive ketones (excluding diaryl/α,β-unsaturated/α-hetero) is 1. The highest BCUT2D eigenvalue weighted by Gasteiger charge is 2.12. The third-order valence-corrected chi connectivity index (χ3v) is 3.61. The Balaban J connectivity index is 1.55. The number of benzene rings is 2. The molecule has 3 aromatic rings. The minimum atomic E-state index is -0.864. The number of halogens is 1. The van der Waals surface area contributed by atoms with Gasteiger partial charge in [0.1, 0.15) is 24.3 Å². The van der Waals surface area contributed by atoms with Crippen molar-refractivity contribution in [3.8, 4) is 17.1 Å². The van der Waals surface area contributed by atoms with Gasteiger partial charge in [-0.1, -0.05) is 12.1 Å². The van der Waals surface area contributed by atoms with Gasteiger partial charge in [0.2, 0.25) is 5.82 Å². The monoisotopic (exact) mass is 356 g/mol. The molecule has 1 N–H and O–H groups in total. The molecule has 3 rings (SSSR count). The maximum Gasteiger partial charge on any atom is 0.205 e. The number of ether oxygens (including phenoxy) is 1. The molecule has 0 amide bonds. The third kappa shape index (κ3) is 4.48. The number of aliphatic hydroxyl groups excluding tert-OH is 1. The molecular formula is C18H17FN4O3. The fourth-order valence-corrected chi connectivity index (χ4v) is 2.28. The van der Waals surface area contributed by atoms with Gasteiger partial charge in [-0.05, 0) is 48.5 Å². The van der Waals surface area contributed by atoms with Crippen LogP contribution in [-0.2, 0) is 6.54 Å². The van der Waals surface area contributed by atoms with Gasteiger partial charge < -0.3 is 9.84 Å². The number of rotatable bonds is 7. The standard InChI is InChI=1S/C18H17FN4O3/c1-12(24)13-5-7-17(8-6-13)26-11-16(25)10-23-21-18(20-22-23)14-3-2-4-15(19)9-14/h2-9,16,25H,10-11H2,1H3. The molecule has 0 spiro atoms. The Morgan fingerprint density at radius 3 is 2.73 bits per heavy atom. The van der Waals surface area contributed by atoms with E-state index >= 15 is 0 Å². The largest absolute Gasteiger partial charge is 0.491 e. The van der Waals surface area contributed by atoms with Crippen LogP contribution in [0.5, 0.6) is 5.75 Å². The summed E-state index contributed by atoms with van der Waals surface area (Å²) in [5, 5.41) is 21.9. The molecule has 1 unspecified atom stereocenters. The van der Waals surface area contributed by atoms with E-state index < -0.39 is 6.10 Å². The molecule has 1 atom stereocenters. The minimum absolute atomic E-state index is 0.0241. The molecule has 0 aliphatic rings. The molecule has 1 heterocycles. The normalized spacial score (nSPS) is 12.0. The van der Waals surface area contributed by atoms with Crippen LogP contribution in [-0.4, -0.2) is 43.8 Å². The van der Waals surface area contributed by atoms with E-state index in [2.05, 4.69) is 15.4 Å². The molecule has 0 saturated carbocycles. The van der Waals surface area contributed by atoms with E-state index in [4.69, 9.17) is 4.74 Å². The van der Waals surface area contributed by atoms with E-state index in [0.29, 0.717) is 16.9 Å². The first-order valence-electron chi connectivity index (χ1n) is 7.97. The van der Waals surface area contributed by atoms with Gasteiger partial charge in [0, 0.05) is 11.1 Å². The SMILES string of the molecule is CC(=O)c1ccc(OCC(O)Cn2nnc(-c3cccc(F)c3)n2)cc1. The topological polar surface area (TPSA) is 90.1 Å². The van der Waals surface area contributed by atoms with Crippen LogP contribution in [0.1, 0.15) is 17.3 Å². The van der Waals surface area contributed by atoms with E-state index in [9.17, 15) is 14.3 Å². The summed E-state index contributed by atoms with van der Waals surface area (Å²) in [5.41, 5.74) is 1.10. The van der Waals surface area contributed by atoms with Gasteiger partial charge in [-0.25, -0.2) is 4.39 Å². The molecule has 0 radical (unpaired) electrons. The Bertz CT molecular complexity index is 895. The highest BCUT2D eigenvalue weighted by molar-refractivity contribution is 5.94. The molecule has 0 aliphatic heterocycles. The Hall–Kier alpha value is -3.13. The van der Waals surface area contributed by atoms with E-state index in [1.54, 1.807) is 36.4 Å². The van der Waals surface area contributed by atoms with Crippen LogP contribution in [0.3, 0.4) is 0 Å². The predicted octanol–water partition coefficient (Wildman–Crippen LogP) is 2.12. The van der Waals surface area contributed by atoms with Gasteiger partial charge >= 0.3 is 0 Å². The summed E-state index contributed by atoms with van der Waals surface area (Å²) in [5.74, 6) is 0.407. The average Bonchev–Trinajstić information content (AvgIpc) is 3.09. The number of hydrogen-bond acceptors (Lipinski definition) is 6. The molecule has 7 nitrogen and oxygen atoms in total. The molecule has 1 aromatic heterocycles. The number of tetrazole rings is 1. The van der Waals surface area contributed by atoms with Gasteiger partial charge in [0.15, 0.2) is 5.78 Å². The van der Waals surface area contributed by atoms with Crippen molar-refractivity contribution in [3.63, 3.8) is 0 Å². The zero-order valence-electron chi connectivity index (χ0n) is 14.0. The molecule has 26 heavy (non-hydrogen) atoms. The average molecular weight is 356 g/mol. The lowest BCUT2D eigenvalue weighted by Gasteiger charge is -2.11. The molecule has 2 aromatic carbocycles. The maximum absolute atomic E-state index is 13.2. The molecule has 134 valence electrons. The maximum atomic E-state index is 13.2. The summed E-state index contributed by atoms with van der Waals surface area (Å²) in [6, 6.07) is 12.5. The number of hydrogen-bond donors (Lipinski definition) is 1. The molecule has 0 saturated heterocycles. The Kier molecular flexibility index (Phi) is 5.33. The van der Waals surface area contributed by atoms with Crippen LogP contribution in [0.25, 0.3) is 11.4 Å². The quantitative estimate of drug-likeness (QED) is 0.652. The first-order chi connectivity index (χ1) is 12.5. The fourth-order valence-electron chi connectivity index (χ4n) is 2.28. The number of ketones is 1.